The lowest BCUT2D eigenvalue weighted by Gasteiger charge is -2.39. The second kappa shape index (κ2) is 6.90. The first-order valence-electron chi connectivity index (χ1n) is 9.36. The van der Waals surface area contributed by atoms with E-state index in [4.69, 9.17) is 23.2 Å². The summed E-state index contributed by atoms with van der Waals surface area (Å²) in [6.07, 6.45) is 4.05. The van der Waals surface area contributed by atoms with Gasteiger partial charge in [0.1, 0.15) is 6.33 Å². The summed E-state index contributed by atoms with van der Waals surface area (Å²) in [5, 5.41) is 5.80. The van der Waals surface area contributed by atoms with Gasteiger partial charge in [-0.3, -0.25) is 9.69 Å². The van der Waals surface area contributed by atoms with Crippen LogP contribution in [0.15, 0.2) is 54.9 Å². The summed E-state index contributed by atoms with van der Waals surface area (Å²) >= 11 is 12.6. The Morgan fingerprint density at radius 1 is 1.00 bits per heavy atom. The van der Waals surface area contributed by atoms with Crippen LogP contribution in [0.1, 0.15) is 42.5 Å². The minimum absolute atomic E-state index is 0.0804. The van der Waals surface area contributed by atoms with Gasteiger partial charge in [0.05, 0.1) is 12.1 Å². The molecule has 1 aliphatic carbocycles. The van der Waals surface area contributed by atoms with Gasteiger partial charge >= 0.3 is 0 Å². The van der Waals surface area contributed by atoms with E-state index in [2.05, 4.69) is 10.1 Å². The number of hydrogen-bond donors (Lipinski definition) is 0. The Bertz CT molecular complexity index is 1030. The molecule has 1 saturated carbocycles. The second-order valence-corrected chi connectivity index (χ2v) is 8.17. The number of halogens is 2. The molecule has 2 aliphatic rings. The van der Waals surface area contributed by atoms with Crippen molar-refractivity contribution < 1.29 is 4.79 Å². The number of amides is 1. The monoisotopic (exact) mass is 412 g/mol. The van der Waals surface area contributed by atoms with E-state index in [0.29, 0.717) is 22.4 Å². The summed E-state index contributed by atoms with van der Waals surface area (Å²) < 4.78 is 1.83. The number of rotatable bonds is 3. The lowest BCUT2D eigenvalue weighted by Crippen LogP contribution is -2.43. The number of carbonyl (C=O) groups excluding carboxylic acids is 1. The highest BCUT2D eigenvalue weighted by atomic mass is 35.5. The highest BCUT2D eigenvalue weighted by Gasteiger charge is 2.44. The Balaban J connectivity index is 1.64. The molecule has 0 spiro atoms. The van der Waals surface area contributed by atoms with Gasteiger partial charge in [0.15, 0.2) is 0 Å². The SMILES string of the molecule is O=C(C1CC1)N1c2ncnn2[C@@H](c2ccccc2Cl)C[C@@H]1c1ccc(Cl)cc1. The average Bonchev–Trinajstić information content (AvgIpc) is 3.44. The van der Waals surface area contributed by atoms with E-state index in [0.717, 1.165) is 24.0 Å². The van der Waals surface area contributed by atoms with Crippen molar-refractivity contribution in [3.8, 4) is 0 Å². The maximum absolute atomic E-state index is 13.2. The van der Waals surface area contributed by atoms with Gasteiger partial charge < -0.3 is 0 Å². The molecule has 0 N–H and O–H groups in total. The molecule has 2 aromatic carbocycles. The van der Waals surface area contributed by atoms with Gasteiger partial charge in [-0.15, -0.1) is 0 Å². The van der Waals surface area contributed by atoms with Crippen molar-refractivity contribution in [2.45, 2.75) is 31.3 Å². The fraction of sp³-hybridized carbons (Fsp3) is 0.286. The first-order valence-corrected chi connectivity index (χ1v) is 10.1. The highest BCUT2D eigenvalue weighted by molar-refractivity contribution is 6.31. The molecule has 3 aromatic rings. The van der Waals surface area contributed by atoms with E-state index in [1.807, 2.05) is 58.1 Å². The molecule has 1 amide bonds. The van der Waals surface area contributed by atoms with E-state index in [1.165, 1.54) is 6.33 Å². The zero-order chi connectivity index (χ0) is 19.3. The van der Waals surface area contributed by atoms with Gasteiger partial charge in [-0.05, 0) is 48.6 Å². The van der Waals surface area contributed by atoms with Crippen LogP contribution in [-0.2, 0) is 4.79 Å². The summed E-state index contributed by atoms with van der Waals surface area (Å²) in [6, 6.07) is 15.2. The largest absolute Gasteiger partial charge is 0.274 e. The molecule has 142 valence electrons. The fourth-order valence-electron chi connectivity index (χ4n) is 3.95. The quantitative estimate of drug-likeness (QED) is 0.603. The third-order valence-corrected chi connectivity index (χ3v) is 6.10. The van der Waals surface area contributed by atoms with E-state index < -0.39 is 0 Å². The van der Waals surface area contributed by atoms with E-state index in [9.17, 15) is 4.79 Å². The number of nitrogens with zero attached hydrogens (tertiary/aromatic N) is 4. The summed E-state index contributed by atoms with van der Waals surface area (Å²) in [4.78, 5) is 19.5. The first kappa shape index (κ1) is 17.7. The zero-order valence-corrected chi connectivity index (χ0v) is 16.5. The Hall–Kier alpha value is -2.37. The summed E-state index contributed by atoms with van der Waals surface area (Å²) in [5.74, 6) is 0.775. The van der Waals surface area contributed by atoms with Crippen molar-refractivity contribution in [3.63, 3.8) is 0 Å². The minimum Gasteiger partial charge on any atom is -0.274 e. The summed E-state index contributed by atoms with van der Waals surface area (Å²) in [5.41, 5.74) is 2.01. The van der Waals surface area contributed by atoms with Gasteiger partial charge in [-0.2, -0.15) is 10.1 Å². The molecule has 2 atom stereocenters. The van der Waals surface area contributed by atoms with Gasteiger partial charge in [-0.1, -0.05) is 53.5 Å². The predicted molar refractivity (Wildman–Crippen MR) is 109 cm³/mol. The number of carbonyl (C=O) groups is 1. The van der Waals surface area contributed by atoms with Crippen LogP contribution < -0.4 is 4.90 Å². The van der Waals surface area contributed by atoms with Crippen molar-refractivity contribution in [1.82, 2.24) is 14.8 Å². The second-order valence-electron chi connectivity index (χ2n) is 7.33. The third-order valence-electron chi connectivity index (χ3n) is 5.51. The van der Waals surface area contributed by atoms with Gasteiger partial charge in [-0.25, -0.2) is 4.68 Å². The molecular formula is C21H18Cl2N4O. The molecule has 5 rings (SSSR count). The van der Waals surface area contributed by atoms with Crippen LogP contribution in [-0.4, -0.2) is 20.7 Å². The van der Waals surface area contributed by atoms with E-state index in [1.54, 1.807) is 0 Å². The number of aromatic nitrogens is 3. The fourth-order valence-corrected chi connectivity index (χ4v) is 4.33. The predicted octanol–water partition coefficient (Wildman–Crippen LogP) is 5.06. The first-order chi connectivity index (χ1) is 13.6. The number of anilines is 1. The third kappa shape index (κ3) is 2.99. The van der Waals surface area contributed by atoms with Gasteiger partial charge in [0.2, 0.25) is 11.9 Å². The Kier molecular flexibility index (Phi) is 4.37. The van der Waals surface area contributed by atoms with Crippen LogP contribution in [0.2, 0.25) is 10.0 Å². The van der Waals surface area contributed by atoms with Crippen molar-refractivity contribution in [1.29, 1.82) is 0 Å². The van der Waals surface area contributed by atoms with E-state index in [-0.39, 0.29) is 23.9 Å². The maximum Gasteiger partial charge on any atom is 0.233 e. The minimum atomic E-state index is -0.150. The van der Waals surface area contributed by atoms with Crippen LogP contribution in [0.3, 0.4) is 0 Å². The lowest BCUT2D eigenvalue weighted by molar-refractivity contribution is -0.120. The Morgan fingerprint density at radius 2 is 1.75 bits per heavy atom. The van der Waals surface area contributed by atoms with Crippen LogP contribution in [0.5, 0.6) is 0 Å². The topological polar surface area (TPSA) is 51.0 Å². The standard InChI is InChI=1S/C21H18Cl2N4O/c22-15-9-7-13(8-10-15)18-11-19(16-3-1-2-4-17(16)23)27-21(24-12-25-27)26(18)20(28)14-5-6-14/h1-4,7-10,12,14,18-19H,5-6,11H2/t18-,19-/m1/s1. The zero-order valence-electron chi connectivity index (χ0n) is 15.0. The molecule has 1 aliphatic heterocycles. The van der Waals surface area contributed by atoms with Crippen LogP contribution in [0.4, 0.5) is 5.95 Å². The normalized spacial score (nSPS) is 21.4. The van der Waals surface area contributed by atoms with Gasteiger partial charge in [0.25, 0.3) is 0 Å². The molecular weight excluding hydrogens is 395 g/mol. The molecule has 0 bridgehead atoms. The number of fused-ring (bicyclic) bond motifs is 1. The lowest BCUT2D eigenvalue weighted by atomic mass is 9.91. The molecule has 7 heteroatoms. The maximum atomic E-state index is 13.2. The van der Waals surface area contributed by atoms with Crippen LogP contribution in [0.25, 0.3) is 0 Å². The smallest absolute Gasteiger partial charge is 0.233 e. The Labute approximate surface area is 172 Å². The average molecular weight is 413 g/mol. The van der Waals surface area contributed by atoms with Gasteiger partial charge in [0, 0.05) is 16.0 Å². The van der Waals surface area contributed by atoms with Crippen molar-refractivity contribution >= 4 is 35.1 Å². The van der Waals surface area contributed by atoms with Crippen molar-refractivity contribution in [3.05, 3.63) is 76.0 Å². The molecule has 5 nitrogen and oxygen atoms in total. The summed E-state index contributed by atoms with van der Waals surface area (Å²) in [6.45, 7) is 0. The van der Waals surface area contributed by atoms with Crippen molar-refractivity contribution in [2.24, 2.45) is 5.92 Å². The van der Waals surface area contributed by atoms with Crippen LogP contribution in [0, 0.1) is 5.92 Å². The molecule has 28 heavy (non-hydrogen) atoms. The molecule has 0 saturated heterocycles. The molecule has 1 aromatic heterocycles. The Morgan fingerprint density at radius 3 is 2.46 bits per heavy atom. The molecule has 0 radical (unpaired) electrons. The van der Waals surface area contributed by atoms with Crippen LogP contribution >= 0.6 is 23.2 Å². The van der Waals surface area contributed by atoms with E-state index >= 15 is 0 Å². The summed E-state index contributed by atoms with van der Waals surface area (Å²) in [7, 11) is 0. The highest BCUT2D eigenvalue weighted by Crippen LogP contribution is 2.45. The van der Waals surface area contributed by atoms with Crippen molar-refractivity contribution in [2.75, 3.05) is 4.90 Å². The number of hydrogen-bond acceptors (Lipinski definition) is 3. The molecule has 1 fully saturated rings. The molecule has 0 unspecified atom stereocenters. The number of benzene rings is 2. The molecule has 2 heterocycles.